The summed E-state index contributed by atoms with van der Waals surface area (Å²) in [6.45, 7) is 1.83. The second-order valence-electron chi connectivity index (χ2n) is 9.16. The zero-order valence-corrected chi connectivity index (χ0v) is 20.6. The van der Waals surface area contributed by atoms with Crippen LogP contribution in [-0.4, -0.2) is 35.6 Å². The van der Waals surface area contributed by atoms with Crippen molar-refractivity contribution >= 4 is 34.2 Å². The highest BCUT2D eigenvalue weighted by Gasteiger charge is 2.43. The molecule has 0 saturated heterocycles. The number of nitrogens with zero attached hydrogens (tertiary/aromatic N) is 4. The number of rotatable bonds is 4. The molecular weight excluding hydrogens is 466 g/mol. The van der Waals surface area contributed by atoms with E-state index >= 15 is 0 Å². The Balaban J connectivity index is 1.59. The second-order valence-corrected chi connectivity index (χ2v) is 10.1. The molecule has 0 unspecified atom stereocenters. The Kier molecular flexibility index (Phi) is 6.23. The van der Waals surface area contributed by atoms with Crippen LogP contribution in [0.2, 0.25) is 0 Å². The smallest absolute Gasteiger partial charge is 0.265 e. The van der Waals surface area contributed by atoms with Crippen molar-refractivity contribution in [1.82, 2.24) is 9.88 Å². The SMILES string of the molecule is Cc1nc(N2N=C3/C(=C/c4ccc(F)cc4)CCC[C@H]3[C@@H]2c2ccc(F)cc2)sc1C(=O)N(C)C. The molecular formula is C27H26F2N4OS. The molecule has 2 aromatic carbocycles. The molecule has 1 aliphatic heterocycles. The first kappa shape index (κ1) is 23.4. The van der Waals surface area contributed by atoms with Crippen LogP contribution in [0.15, 0.2) is 59.2 Å². The van der Waals surface area contributed by atoms with Crippen LogP contribution in [0.25, 0.3) is 6.08 Å². The molecule has 1 aliphatic carbocycles. The largest absolute Gasteiger partial charge is 0.344 e. The maximum Gasteiger partial charge on any atom is 0.265 e. The lowest BCUT2D eigenvalue weighted by Crippen LogP contribution is -2.28. The Hall–Kier alpha value is -3.39. The van der Waals surface area contributed by atoms with Crippen LogP contribution in [0.1, 0.15) is 51.8 Å². The van der Waals surface area contributed by atoms with Crippen LogP contribution in [0.3, 0.4) is 0 Å². The summed E-state index contributed by atoms with van der Waals surface area (Å²) in [6.07, 6.45) is 4.87. The van der Waals surface area contributed by atoms with Crippen LogP contribution in [-0.2, 0) is 0 Å². The number of amides is 1. The van der Waals surface area contributed by atoms with Gasteiger partial charge in [0.05, 0.1) is 17.4 Å². The number of benzene rings is 2. The summed E-state index contributed by atoms with van der Waals surface area (Å²) in [5.74, 6) is -0.551. The third-order valence-corrected chi connectivity index (χ3v) is 7.64. The molecule has 0 bridgehead atoms. The van der Waals surface area contributed by atoms with Gasteiger partial charge in [-0.05, 0) is 73.2 Å². The number of allylic oxidation sites excluding steroid dienone is 1. The van der Waals surface area contributed by atoms with Crippen LogP contribution in [0.5, 0.6) is 0 Å². The lowest BCUT2D eigenvalue weighted by atomic mass is 9.77. The molecule has 2 aliphatic rings. The number of fused-ring (bicyclic) bond motifs is 1. The van der Waals surface area contributed by atoms with E-state index in [4.69, 9.17) is 10.1 Å². The summed E-state index contributed by atoms with van der Waals surface area (Å²) in [4.78, 5) is 19.5. The quantitative estimate of drug-likeness (QED) is 0.434. The minimum Gasteiger partial charge on any atom is -0.344 e. The number of anilines is 1. The topological polar surface area (TPSA) is 48.8 Å². The molecule has 8 heteroatoms. The van der Waals surface area contributed by atoms with Crippen molar-refractivity contribution in [1.29, 1.82) is 0 Å². The van der Waals surface area contributed by atoms with E-state index in [0.717, 1.165) is 41.7 Å². The third kappa shape index (κ3) is 4.50. The van der Waals surface area contributed by atoms with Gasteiger partial charge in [-0.25, -0.2) is 18.8 Å². The maximum absolute atomic E-state index is 13.7. The highest BCUT2D eigenvalue weighted by Crippen LogP contribution is 2.47. The van der Waals surface area contributed by atoms with Gasteiger partial charge in [-0.3, -0.25) is 4.79 Å². The van der Waals surface area contributed by atoms with E-state index in [0.29, 0.717) is 15.7 Å². The van der Waals surface area contributed by atoms with Gasteiger partial charge in [-0.1, -0.05) is 35.6 Å². The van der Waals surface area contributed by atoms with Crippen molar-refractivity contribution in [2.45, 2.75) is 32.2 Å². The van der Waals surface area contributed by atoms with E-state index in [-0.39, 0.29) is 29.5 Å². The molecule has 5 rings (SSSR count). The minimum atomic E-state index is -0.288. The van der Waals surface area contributed by atoms with Crippen LogP contribution >= 0.6 is 11.3 Å². The van der Waals surface area contributed by atoms with Gasteiger partial charge < -0.3 is 4.90 Å². The van der Waals surface area contributed by atoms with Crippen LogP contribution in [0, 0.1) is 24.5 Å². The fourth-order valence-electron chi connectivity index (χ4n) is 4.79. The van der Waals surface area contributed by atoms with E-state index in [2.05, 4.69) is 6.08 Å². The molecule has 35 heavy (non-hydrogen) atoms. The van der Waals surface area contributed by atoms with Crippen molar-refractivity contribution in [2.24, 2.45) is 11.0 Å². The van der Waals surface area contributed by atoms with Crippen molar-refractivity contribution < 1.29 is 13.6 Å². The number of carbonyl (C=O) groups is 1. The summed E-state index contributed by atoms with van der Waals surface area (Å²) >= 11 is 1.33. The molecule has 0 spiro atoms. The first-order valence-corrected chi connectivity index (χ1v) is 12.4. The minimum absolute atomic E-state index is 0.0919. The van der Waals surface area contributed by atoms with E-state index < -0.39 is 0 Å². The van der Waals surface area contributed by atoms with Crippen molar-refractivity contribution in [2.75, 3.05) is 19.1 Å². The van der Waals surface area contributed by atoms with Crippen molar-refractivity contribution in [3.05, 3.63) is 87.4 Å². The van der Waals surface area contributed by atoms with Crippen LogP contribution in [0.4, 0.5) is 13.9 Å². The summed E-state index contributed by atoms with van der Waals surface area (Å²) in [7, 11) is 3.44. The monoisotopic (exact) mass is 492 g/mol. The molecule has 1 aromatic heterocycles. The van der Waals surface area contributed by atoms with Crippen LogP contribution < -0.4 is 5.01 Å². The third-order valence-electron chi connectivity index (χ3n) is 6.51. The van der Waals surface area contributed by atoms with E-state index in [9.17, 15) is 13.6 Å². The zero-order chi connectivity index (χ0) is 24.7. The maximum atomic E-state index is 13.7. The number of hydrogen-bond donors (Lipinski definition) is 0. The van der Waals surface area contributed by atoms with E-state index in [1.807, 2.05) is 11.9 Å². The molecule has 1 amide bonds. The van der Waals surface area contributed by atoms with Gasteiger partial charge in [-0.2, -0.15) is 5.10 Å². The summed E-state index contributed by atoms with van der Waals surface area (Å²) in [5.41, 5.74) is 4.62. The first-order valence-electron chi connectivity index (χ1n) is 11.6. The second kappa shape index (κ2) is 9.34. The normalized spacial score (nSPS) is 20.7. The molecule has 3 aromatic rings. The van der Waals surface area contributed by atoms with Gasteiger partial charge in [-0.15, -0.1) is 0 Å². The summed E-state index contributed by atoms with van der Waals surface area (Å²) in [6, 6.07) is 12.8. The van der Waals surface area contributed by atoms with Crippen molar-refractivity contribution in [3.8, 4) is 0 Å². The van der Waals surface area contributed by atoms with Gasteiger partial charge in [0.1, 0.15) is 16.5 Å². The molecule has 2 heterocycles. The predicted molar refractivity (Wildman–Crippen MR) is 136 cm³/mol. The number of halogens is 2. The predicted octanol–water partition coefficient (Wildman–Crippen LogP) is 6.23. The van der Waals surface area contributed by atoms with E-state index in [1.54, 1.807) is 43.3 Å². The molecule has 0 radical (unpaired) electrons. The first-order chi connectivity index (χ1) is 16.8. The van der Waals surface area contributed by atoms with Gasteiger partial charge in [0.25, 0.3) is 5.91 Å². The number of thiazole rings is 1. The fraction of sp³-hybridized carbons (Fsp3) is 0.296. The molecule has 1 fully saturated rings. The molecule has 0 N–H and O–H groups in total. The Morgan fingerprint density at radius 2 is 1.74 bits per heavy atom. The average Bonchev–Trinajstić information content (AvgIpc) is 3.42. The Labute approximate surface area is 207 Å². The highest BCUT2D eigenvalue weighted by molar-refractivity contribution is 7.17. The fourth-order valence-corrected chi connectivity index (χ4v) is 5.87. The lowest BCUT2D eigenvalue weighted by molar-refractivity contribution is 0.0831. The summed E-state index contributed by atoms with van der Waals surface area (Å²) in [5, 5.41) is 7.60. The number of hydrazone groups is 1. The Morgan fingerprint density at radius 3 is 2.40 bits per heavy atom. The van der Waals surface area contributed by atoms with Gasteiger partial charge in [0, 0.05) is 20.0 Å². The number of aromatic nitrogens is 1. The number of aryl methyl sites for hydroxylation is 1. The average molecular weight is 493 g/mol. The van der Waals surface area contributed by atoms with E-state index in [1.165, 1.54) is 35.6 Å². The van der Waals surface area contributed by atoms with Gasteiger partial charge in [0.2, 0.25) is 5.13 Å². The Morgan fingerprint density at radius 1 is 1.09 bits per heavy atom. The zero-order valence-electron chi connectivity index (χ0n) is 19.8. The number of carbonyl (C=O) groups excluding carboxylic acids is 1. The summed E-state index contributed by atoms with van der Waals surface area (Å²) < 4.78 is 27.2. The van der Waals surface area contributed by atoms with Crippen molar-refractivity contribution in [3.63, 3.8) is 0 Å². The van der Waals surface area contributed by atoms with Gasteiger partial charge >= 0.3 is 0 Å². The van der Waals surface area contributed by atoms with Gasteiger partial charge in [0.15, 0.2) is 0 Å². The highest BCUT2D eigenvalue weighted by atomic mass is 32.1. The molecule has 1 saturated carbocycles. The lowest BCUT2D eigenvalue weighted by Gasteiger charge is -2.29. The molecule has 2 atom stereocenters. The Bertz CT molecular complexity index is 1310. The number of hydrogen-bond acceptors (Lipinski definition) is 5. The standard InChI is InChI=1S/C27H26F2N4OS/c1-16-25(26(34)32(2)3)35-27(30-16)33-24(18-9-13-21(29)14-10-18)22-6-4-5-19(23(22)31-33)15-17-7-11-20(28)12-8-17/h7-15,22,24H,4-6H2,1-3H3/b19-15+/t22-,24+/m1/s1. The molecule has 5 nitrogen and oxygen atoms in total. The molecule has 180 valence electrons.